The zero-order chi connectivity index (χ0) is 19.0. The van der Waals surface area contributed by atoms with Gasteiger partial charge in [0, 0.05) is 18.3 Å². The lowest BCUT2D eigenvalue weighted by Crippen LogP contribution is -2.49. The average Bonchev–Trinajstić information content (AvgIpc) is 3.30. The molecule has 144 valence electrons. The van der Waals surface area contributed by atoms with Gasteiger partial charge in [-0.15, -0.1) is 0 Å². The molecule has 0 aliphatic carbocycles. The van der Waals surface area contributed by atoms with Gasteiger partial charge < -0.3 is 5.32 Å². The van der Waals surface area contributed by atoms with Crippen LogP contribution in [0.1, 0.15) is 18.5 Å². The summed E-state index contributed by atoms with van der Waals surface area (Å²) in [6.45, 7) is 1.78. The summed E-state index contributed by atoms with van der Waals surface area (Å²) >= 11 is 6.17. The summed E-state index contributed by atoms with van der Waals surface area (Å²) in [5.74, 6) is -0.228. The van der Waals surface area contributed by atoms with E-state index in [0.717, 1.165) is 25.9 Å². The van der Waals surface area contributed by atoms with Gasteiger partial charge in [0.15, 0.2) is 15.0 Å². The quantitative estimate of drug-likeness (QED) is 0.772. The Bertz CT molecular complexity index is 995. The van der Waals surface area contributed by atoms with Gasteiger partial charge in [-0.2, -0.15) is 0 Å². The van der Waals surface area contributed by atoms with Crippen LogP contribution in [0.15, 0.2) is 30.5 Å². The van der Waals surface area contributed by atoms with Gasteiger partial charge in [-0.3, -0.25) is 14.1 Å². The van der Waals surface area contributed by atoms with Crippen LogP contribution in [0, 0.1) is 0 Å². The van der Waals surface area contributed by atoms with Crippen LogP contribution in [0.25, 0.3) is 11.7 Å². The van der Waals surface area contributed by atoms with Gasteiger partial charge in [-0.05, 0) is 44.1 Å². The number of imidazole rings is 1. The molecule has 0 aromatic carbocycles. The zero-order valence-electron chi connectivity index (χ0n) is 14.7. The number of rotatable bonds is 4. The molecule has 1 N–H and O–H groups in total. The summed E-state index contributed by atoms with van der Waals surface area (Å²) < 4.78 is 26.0. The van der Waals surface area contributed by atoms with E-state index in [2.05, 4.69) is 15.2 Å². The third kappa shape index (κ3) is 3.88. The molecule has 7 nitrogen and oxygen atoms in total. The molecule has 2 unspecified atom stereocenters. The number of likely N-dealkylation sites (tertiary alicyclic amines) is 1. The third-order valence-corrected chi connectivity index (χ3v) is 7.17. The second-order valence-corrected chi connectivity index (χ2v) is 9.56. The molecule has 27 heavy (non-hydrogen) atoms. The van der Waals surface area contributed by atoms with Crippen LogP contribution in [0.5, 0.6) is 0 Å². The highest BCUT2D eigenvalue weighted by Crippen LogP contribution is 2.23. The van der Waals surface area contributed by atoms with Crippen LogP contribution in [-0.2, 0) is 14.6 Å². The minimum atomic E-state index is -3.14. The van der Waals surface area contributed by atoms with Gasteiger partial charge in [-0.25, -0.2) is 13.4 Å². The van der Waals surface area contributed by atoms with Crippen LogP contribution in [-0.4, -0.2) is 65.3 Å². The van der Waals surface area contributed by atoms with Crippen molar-refractivity contribution in [3.05, 3.63) is 41.3 Å². The van der Waals surface area contributed by atoms with E-state index in [0.29, 0.717) is 16.5 Å². The molecule has 2 aliphatic rings. The highest BCUT2D eigenvalue weighted by molar-refractivity contribution is 7.91. The monoisotopic (exact) mass is 408 g/mol. The molecule has 4 rings (SSSR count). The number of hydrogen-bond donors (Lipinski definition) is 1. The molecular formula is C18H21ClN4O3S. The van der Waals surface area contributed by atoms with Crippen molar-refractivity contribution in [2.75, 3.05) is 24.6 Å². The fourth-order valence-electron chi connectivity index (χ4n) is 3.92. The number of pyridine rings is 1. The lowest BCUT2D eigenvalue weighted by Gasteiger charge is -2.28. The van der Waals surface area contributed by atoms with E-state index < -0.39 is 9.84 Å². The van der Waals surface area contributed by atoms with Crippen molar-refractivity contribution in [3.63, 3.8) is 0 Å². The van der Waals surface area contributed by atoms with E-state index in [1.807, 2.05) is 24.4 Å². The molecular weight excluding hydrogens is 388 g/mol. The van der Waals surface area contributed by atoms with Gasteiger partial charge in [0.25, 0.3) is 0 Å². The Kier molecular flexibility index (Phi) is 4.96. The number of fused-ring (bicyclic) bond motifs is 1. The maximum absolute atomic E-state index is 12.4. The molecule has 2 aromatic heterocycles. The van der Waals surface area contributed by atoms with Gasteiger partial charge in [0.2, 0.25) is 5.91 Å². The lowest BCUT2D eigenvalue weighted by atomic mass is 10.1. The molecule has 0 bridgehead atoms. The summed E-state index contributed by atoms with van der Waals surface area (Å²) in [7, 11) is -3.14. The van der Waals surface area contributed by atoms with E-state index in [-0.39, 0.29) is 29.5 Å². The Hall–Kier alpha value is -1.90. The van der Waals surface area contributed by atoms with Crippen LogP contribution in [0.4, 0.5) is 0 Å². The Morgan fingerprint density at radius 1 is 1.26 bits per heavy atom. The largest absolute Gasteiger partial charge is 0.347 e. The SMILES string of the molecule is O=C(/C=C/c1c(Cl)nc2ccccn12)NC1CS(=O)(=O)CC1N1CCCC1. The fourth-order valence-corrected chi connectivity index (χ4v) is 6.11. The number of halogens is 1. The van der Waals surface area contributed by atoms with E-state index >= 15 is 0 Å². The Morgan fingerprint density at radius 3 is 2.81 bits per heavy atom. The van der Waals surface area contributed by atoms with Crippen molar-refractivity contribution in [1.29, 1.82) is 0 Å². The van der Waals surface area contributed by atoms with E-state index in [1.165, 1.54) is 6.08 Å². The number of hydrogen-bond acceptors (Lipinski definition) is 5. The smallest absolute Gasteiger partial charge is 0.244 e. The first-order chi connectivity index (χ1) is 12.9. The second-order valence-electron chi connectivity index (χ2n) is 7.05. The van der Waals surface area contributed by atoms with Crippen molar-refractivity contribution in [2.45, 2.75) is 24.9 Å². The molecule has 4 heterocycles. The molecule has 0 saturated carbocycles. The molecule has 2 fully saturated rings. The van der Waals surface area contributed by atoms with E-state index in [1.54, 1.807) is 10.5 Å². The zero-order valence-corrected chi connectivity index (χ0v) is 16.3. The summed E-state index contributed by atoms with van der Waals surface area (Å²) in [6.07, 6.45) is 6.95. The second kappa shape index (κ2) is 7.26. The van der Waals surface area contributed by atoms with Crippen LogP contribution in [0.3, 0.4) is 0 Å². The van der Waals surface area contributed by atoms with E-state index in [9.17, 15) is 13.2 Å². The molecule has 0 spiro atoms. The van der Waals surface area contributed by atoms with Gasteiger partial charge in [0.05, 0.1) is 23.2 Å². The topological polar surface area (TPSA) is 83.8 Å². The number of nitrogens with zero attached hydrogens (tertiary/aromatic N) is 3. The number of aromatic nitrogens is 2. The summed E-state index contributed by atoms with van der Waals surface area (Å²) in [5, 5.41) is 3.18. The number of carbonyl (C=O) groups is 1. The Morgan fingerprint density at radius 2 is 2.04 bits per heavy atom. The van der Waals surface area contributed by atoms with Gasteiger partial charge in [0.1, 0.15) is 5.65 Å². The Balaban J connectivity index is 1.49. The predicted octanol–water partition coefficient (Wildman–Crippen LogP) is 1.38. The minimum absolute atomic E-state index is 0.00981. The number of nitrogens with one attached hydrogen (secondary N) is 1. The Labute approximate surface area is 162 Å². The summed E-state index contributed by atoms with van der Waals surface area (Å²) in [4.78, 5) is 18.8. The average molecular weight is 409 g/mol. The van der Waals surface area contributed by atoms with Crippen molar-refractivity contribution >= 4 is 39.1 Å². The minimum Gasteiger partial charge on any atom is -0.347 e. The van der Waals surface area contributed by atoms with Crippen molar-refractivity contribution in [1.82, 2.24) is 19.6 Å². The summed E-state index contributed by atoms with van der Waals surface area (Å²) in [6, 6.07) is 5.01. The van der Waals surface area contributed by atoms with Crippen LogP contribution in [0.2, 0.25) is 5.15 Å². The van der Waals surface area contributed by atoms with Crippen LogP contribution >= 0.6 is 11.6 Å². The van der Waals surface area contributed by atoms with Gasteiger partial charge in [-0.1, -0.05) is 17.7 Å². The predicted molar refractivity (Wildman–Crippen MR) is 104 cm³/mol. The molecule has 9 heteroatoms. The molecule has 2 saturated heterocycles. The first-order valence-corrected chi connectivity index (χ1v) is 11.2. The highest BCUT2D eigenvalue weighted by atomic mass is 35.5. The third-order valence-electron chi connectivity index (χ3n) is 5.17. The summed E-state index contributed by atoms with van der Waals surface area (Å²) in [5.41, 5.74) is 1.30. The molecule has 2 aliphatic heterocycles. The first kappa shape index (κ1) is 18.5. The number of carbonyl (C=O) groups excluding carboxylic acids is 1. The fraction of sp³-hybridized carbons (Fsp3) is 0.444. The highest BCUT2D eigenvalue weighted by Gasteiger charge is 2.42. The first-order valence-electron chi connectivity index (χ1n) is 8.98. The molecule has 2 atom stereocenters. The normalized spacial score (nSPS) is 25.5. The maximum atomic E-state index is 12.4. The number of amides is 1. The van der Waals surface area contributed by atoms with Crippen molar-refractivity contribution in [3.8, 4) is 0 Å². The van der Waals surface area contributed by atoms with E-state index in [4.69, 9.17) is 11.6 Å². The number of sulfone groups is 1. The standard InChI is InChI=1S/C18H21ClN4O3S/c19-18-14(23-10-2-1-5-16(23)21-18)6-7-17(24)20-13-11-27(25,26)12-15(13)22-8-3-4-9-22/h1-2,5-7,10,13,15H,3-4,8-9,11-12H2,(H,20,24)/b7-6+. The molecule has 0 radical (unpaired) electrons. The van der Waals surface area contributed by atoms with Crippen molar-refractivity contribution in [2.24, 2.45) is 0 Å². The molecule has 1 amide bonds. The lowest BCUT2D eigenvalue weighted by molar-refractivity contribution is -0.117. The molecule has 2 aromatic rings. The van der Waals surface area contributed by atoms with Crippen LogP contribution < -0.4 is 5.32 Å². The maximum Gasteiger partial charge on any atom is 0.244 e. The van der Waals surface area contributed by atoms with Crippen molar-refractivity contribution < 1.29 is 13.2 Å². The van der Waals surface area contributed by atoms with Gasteiger partial charge >= 0.3 is 0 Å².